The minimum absolute atomic E-state index is 0.0986. The first-order valence-electron chi connectivity index (χ1n) is 26.7. The van der Waals surface area contributed by atoms with E-state index in [0.29, 0.717) is 19.3 Å². The first-order chi connectivity index (χ1) is 31.5. The Morgan fingerprint density at radius 3 is 0.953 bits per heavy atom. The van der Waals surface area contributed by atoms with E-state index in [0.717, 1.165) is 128 Å². The summed E-state index contributed by atoms with van der Waals surface area (Å²) >= 11 is 0. The molecular formula is C58H98O6. The van der Waals surface area contributed by atoms with Gasteiger partial charge in [0.25, 0.3) is 0 Å². The van der Waals surface area contributed by atoms with Crippen molar-refractivity contribution in [3.63, 3.8) is 0 Å². The molecule has 0 radical (unpaired) electrons. The summed E-state index contributed by atoms with van der Waals surface area (Å²) in [5, 5.41) is 0. The van der Waals surface area contributed by atoms with Crippen molar-refractivity contribution < 1.29 is 28.6 Å². The van der Waals surface area contributed by atoms with Gasteiger partial charge in [-0.05, 0) is 89.9 Å². The van der Waals surface area contributed by atoms with Crippen molar-refractivity contribution in [3.8, 4) is 0 Å². The molecule has 0 bridgehead atoms. The Morgan fingerprint density at radius 1 is 0.312 bits per heavy atom. The zero-order valence-electron chi connectivity index (χ0n) is 41.8. The smallest absolute Gasteiger partial charge is 0.306 e. The second-order valence-corrected chi connectivity index (χ2v) is 17.5. The fourth-order valence-corrected chi connectivity index (χ4v) is 7.13. The van der Waals surface area contributed by atoms with Gasteiger partial charge in [-0.15, -0.1) is 0 Å². The van der Waals surface area contributed by atoms with Crippen molar-refractivity contribution in [1.29, 1.82) is 0 Å². The van der Waals surface area contributed by atoms with E-state index in [-0.39, 0.29) is 31.1 Å². The fourth-order valence-electron chi connectivity index (χ4n) is 7.13. The zero-order valence-corrected chi connectivity index (χ0v) is 41.8. The van der Waals surface area contributed by atoms with Crippen LogP contribution in [0.5, 0.6) is 0 Å². The second kappa shape index (κ2) is 52.2. The highest BCUT2D eigenvalue weighted by molar-refractivity contribution is 5.71. The Hall–Kier alpha value is -3.41. The highest BCUT2D eigenvalue weighted by Gasteiger charge is 2.19. The Balaban J connectivity index is 4.45. The number of carbonyl (C=O) groups excluding carboxylic acids is 3. The standard InChI is InChI=1S/C58H98O6/c1-4-7-10-13-16-19-22-24-26-28-30-32-34-36-39-42-45-48-51-57(60)63-54-55(53-62-56(59)50-47-44-41-38-21-18-15-12-9-6-3)64-58(61)52-49-46-43-40-37-35-33-31-29-27-25-23-20-17-14-11-8-5-2/h15,18,22-33,55H,4-14,16-17,19-21,34-54H2,1-3H3/b18-15-,24-22-,25-23-,28-26-,29-27-,32-30-,33-31-. The molecule has 6 nitrogen and oxygen atoms in total. The van der Waals surface area contributed by atoms with Crippen molar-refractivity contribution in [2.45, 2.75) is 252 Å². The molecule has 64 heavy (non-hydrogen) atoms. The minimum atomic E-state index is -0.800. The third-order valence-electron chi connectivity index (χ3n) is 11.2. The summed E-state index contributed by atoms with van der Waals surface area (Å²) in [5.74, 6) is -0.952. The summed E-state index contributed by atoms with van der Waals surface area (Å²) in [6.45, 7) is 6.51. The Morgan fingerprint density at radius 2 is 0.594 bits per heavy atom. The van der Waals surface area contributed by atoms with E-state index in [1.54, 1.807) is 0 Å². The van der Waals surface area contributed by atoms with Gasteiger partial charge in [0.05, 0.1) is 0 Å². The molecule has 0 aliphatic heterocycles. The molecule has 1 unspecified atom stereocenters. The van der Waals surface area contributed by atoms with Gasteiger partial charge in [0.1, 0.15) is 13.2 Å². The van der Waals surface area contributed by atoms with Crippen LogP contribution in [-0.2, 0) is 28.6 Å². The van der Waals surface area contributed by atoms with Crippen molar-refractivity contribution >= 4 is 17.9 Å². The first kappa shape index (κ1) is 60.6. The van der Waals surface area contributed by atoms with E-state index in [2.05, 4.69) is 106 Å². The number of ether oxygens (including phenoxy) is 3. The van der Waals surface area contributed by atoms with Crippen LogP contribution < -0.4 is 0 Å². The largest absolute Gasteiger partial charge is 0.462 e. The summed E-state index contributed by atoms with van der Waals surface area (Å²) in [5.41, 5.74) is 0. The lowest BCUT2D eigenvalue weighted by atomic mass is 10.1. The average molecular weight is 891 g/mol. The van der Waals surface area contributed by atoms with Crippen LogP contribution in [0, 0.1) is 0 Å². The SMILES string of the molecule is CCCC/C=C\CCCCCCC(=O)OCC(COC(=O)CCCCCCC\C=C/C=C\C=C/CCCCCCC)OC(=O)CCCCCCC\C=C/C=C\C=C/CCCCCCC. The van der Waals surface area contributed by atoms with Crippen LogP contribution in [0.3, 0.4) is 0 Å². The van der Waals surface area contributed by atoms with Gasteiger partial charge in [-0.3, -0.25) is 14.4 Å². The first-order valence-corrected chi connectivity index (χ1v) is 26.7. The van der Waals surface area contributed by atoms with Crippen LogP contribution in [0.15, 0.2) is 85.1 Å². The molecule has 0 amide bonds. The number of unbranched alkanes of at least 4 members (excludes halogenated alkanes) is 26. The van der Waals surface area contributed by atoms with Gasteiger partial charge in [-0.25, -0.2) is 0 Å². The van der Waals surface area contributed by atoms with Gasteiger partial charge < -0.3 is 14.2 Å². The molecule has 0 rings (SSSR count). The summed E-state index contributed by atoms with van der Waals surface area (Å²) in [7, 11) is 0. The van der Waals surface area contributed by atoms with Crippen LogP contribution in [0.1, 0.15) is 245 Å². The molecule has 0 saturated heterocycles. The molecule has 6 heteroatoms. The van der Waals surface area contributed by atoms with Gasteiger partial charge in [0.2, 0.25) is 0 Å². The quantitative estimate of drug-likeness (QED) is 0.0199. The van der Waals surface area contributed by atoms with Gasteiger partial charge in [-0.1, -0.05) is 221 Å². The number of hydrogen-bond acceptors (Lipinski definition) is 6. The summed E-state index contributed by atoms with van der Waals surface area (Å²) in [6, 6.07) is 0. The topological polar surface area (TPSA) is 78.9 Å². The van der Waals surface area contributed by atoms with E-state index in [4.69, 9.17) is 14.2 Å². The Kier molecular flexibility index (Phi) is 49.4. The molecule has 0 spiro atoms. The molecule has 0 saturated carbocycles. The van der Waals surface area contributed by atoms with Crippen LogP contribution in [0.2, 0.25) is 0 Å². The molecule has 366 valence electrons. The van der Waals surface area contributed by atoms with Crippen molar-refractivity contribution in [3.05, 3.63) is 85.1 Å². The van der Waals surface area contributed by atoms with E-state index in [9.17, 15) is 14.4 Å². The zero-order chi connectivity index (χ0) is 46.5. The molecule has 0 aliphatic rings. The maximum Gasteiger partial charge on any atom is 0.306 e. The van der Waals surface area contributed by atoms with E-state index in [1.807, 2.05) is 0 Å². The second-order valence-electron chi connectivity index (χ2n) is 17.5. The lowest BCUT2D eigenvalue weighted by molar-refractivity contribution is -0.167. The predicted octanol–water partition coefficient (Wildman–Crippen LogP) is 17.6. The van der Waals surface area contributed by atoms with Crippen LogP contribution in [0.25, 0.3) is 0 Å². The molecule has 1 atom stereocenters. The van der Waals surface area contributed by atoms with Gasteiger partial charge >= 0.3 is 17.9 Å². The van der Waals surface area contributed by atoms with E-state index in [1.165, 1.54) is 77.0 Å². The van der Waals surface area contributed by atoms with Crippen LogP contribution >= 0.6 is 0 Å². The number of carbonyl (C=O) groups is 3. The fraction of sp³-hybridized carbons (Fsp3) is 0.707. The van der Waals surface area contributed by atoms with Crippen molar-refractivity contribution in [2.75, 3.05) is 13.2 Å². The normalized spacial score (nSPS) is 12.7. The van der Waals surface area contributed by atoms with Gasteiger partial charge in [0, 0.05) is 19.3 Å². The van der Waals surface area contributed by atoms with E-state index >= 15 is 0 Å². The Bertz CT molecular complexity index is 1250. The summed E-state index contributed by atoms with van der Waals surface area (Å²) < 4.78 is 16.7. The maximum absolute atomic E-state index is 12.8. The van der Waals surface area contributed by atoms with Crippen molar-refractivity contribution in [2.24, 2.45) is 0 Å². The number of allylic oxidation sites excluding steroid dienone is 14. The molecule has 0 aromatic carbocycles. The van der Waals surface area contributed by atoms with Crippen molar-refractivity contribution in [1.82, 2.24) is 0 Å². The maximum atomic E-state index is 12.8. The van der Waals surface area contributed by atoms with Gasteiger partial charge in [0.15, 0.2) is 6.10 Å². The average Bonchev–Trinajstić information content (AvgIpc) is 3.29. The third kappa shape index (κ3) is 49.6. The lowest BCUT2D eigenvalue weighted by Gasteiger charge is -2.18. The highest BCUT2D eigenvalue weighted by Crippen LogP contribution is 2.13. The summed E-state index contributed by atoms with van der Waals surface area (Å²) in [6.07, 6.45) is 67.1. The summed E-state index contributed by atoms with van der Waals surface area (Å²) in [4.78, 5) is 38.0. The minimum Gasteiger partial charge on any atom is -0.462 e. The molecule has 0 aliphatic carbocycles. The van der Waals surface area contributed by atoms with Crippen LogP contribution in [0.4, 0.5) is 0 Å². The van der Waals surface area contributed by atoms with Crippen LogP contribution in [-0.4, -0.2) is 37.2 Å². The number of rotatable bonds is 47. The lowest BCUT2D eigenvalue weighted by Crippen LogP contribution is -2.30. The molecule has 0 aromatic rings. The van der Waals surface area contributed by atoms with E-state index < -0.39 is 6.10 Å². The monoisotopic (exact) mass is 891 g/mol. The molecular weight excluding hydrogens is 793 g/mol. The predicted molar refractivity (Wildman–Crippen MR) is 274 cm³/mol. The Labute approximate surface area is 395 Å². The number of esters is 3. The highest BCUT2D eigenvalue weighted by atomic mass is 16.6. The number of hydrogen-bond donors (Lipinski definition) is 0. The third-order valence-corrected chi connectivity index (χ3v) is 11.2. The van der Waals surface area contributed by atoms with Gasteiger partial charge in [-0.2, -0.15) is 0 Å². The molecule has 0 aromatic heterocycles. The molecule has 0 fully saturated rings. The molecule has 0 heterocycles. The molecule has 0 N–H and O–H groups in total.